The van der Waals surface area contributed by atoms with Crippen molar-refractivity contribution in [3.63, 3.8) is 0 Å². The fraction of sp³-hybridized carbons (Fsp3) is 1.00. The summed E-state index contributed by atoms with van der Waals surface area (Å²) in [5, 5.41) is 0. The molecule has 4 heteroatoms. The lowest BCUT2D eigenvalue weighted by molar-refractivity contribution is 0.305. The van der Waals surface area contributed by atoms with Crippen LogP contribution in [0.4, 0.5) is 0 Å². The molecule has 0 aliphatic carbocycles. The highest BCUT2D eigenvalue weighted by Crippen LogP contribution is 2.13. The van der Waals surface area contributed by atoms with Crippen molar-refractivity contribution in [1.82, 2.24) is 0 Å². The van der Waals surface area contributed by atoms with E-state index in [1.807, 2.05) is 0 Å². The molecule has 0 aliphatic rings. The largest absolute Gasteiger partial charge is 0.270 e. The highest BCUT2D eigenvalue weighted by atomic mass is 32.2. The summed E-state index contributed by atoms with van der Waals surface area (Å²) in [6.07, 6.45) is 23.4. The van der Waals surface area contributed by atoms with Crippen molar-refractivity contribution in [1.29, 1.82) is 0 Å². The second-order valence-corrected chi connectivity index (χ2v) is 9.85. The molecule has 3 nitrogen and oxygen atoms in total. The first-order valence-corrected chi connectivity index (χ1v) is 13.6. The fourth-order valence-corrected chi connectivity index (χ4v) is 4.47. The molecule has 0 bridgehead atoms. The van der Waals surface area contributed by atoms with Crippen molar-refractivity contribution in [3.8, 4) is 0 Å². The van der Waals surface area contributed by atoms with Gasteiger partial charge in [0.2, 0.25) is 0 Å². The minimum Gasteiger partial charge on any atom is -0.270 e. The Morgan fingerprint density at radius 3 is 1.22 bits per heavy atom. The molecule has 0 rings (SSSR count). The Morgan fingerprint density at radius 2 is 0.815 bits per heavy atom. The van der Waals surface area contributed by atoms with Crippen LogP contribution in [0.5, 0.6) is 0 Å². The fourth-order valence-electron chi connectivity index (χ4n) is 3.42. The van der Waals surface area contributed by atoms with Crippen molar-refractivity contribution in [2.75, 3.05) is 12.4 Å². The van der Waals surface area contributed by atoms with Crippen LogP contribution in [-0.4, -0.2) is 20.8 Å². The van der Waals surface area contributed by atoms with Crippen LogP contribution in [0.3, 0.4) is 0 Å². The van der Waals surface area contributed by atoms with E-state index in [0.29, 0.717) is 6.61 Å². The van der Waals surface area contributed by atoms with Crippen LogP contribution in [0.1, 0.15) is 136 Å². The summed E-state index contributed by atoms with van der Waals surface area (Å²) in [6.45, 7) is 4.83. The normalized spacial score (nSPS) is 11.9. The summed E-state index contributed by atoms with van der Waals surface area (Å²) in [5.74, 6) is 0.192. The topological polar surface area (TPSA) is 43.4 Å². The molecule has 0 saturated heterocycles. The first-order chi connectivity index (χ1) is 13.1. The molecule has 27 heavy (non-hydrogen) atoms. The third kappa shape index (κ3) is 22.1. The monoisotopic (exact) mass is 404 g/mol. The lowest BCUT2D eigenvalue weighted by Crippen LogP contribution is -2.11. The Balaban J connectivity index is 3.28. The zero-order chi connectivity index (χ0) is 20.1. The Hall–Kier alpha value is -0.0900. The standard InChI is InChI=1S/C23H48O3S/c1-3-5-7-9-11-12-13-14-15-16-17-18-20-22-26-27(24,25)23-21-19-10-8-6-4-2/h3-23H2,1-2H3. The van der Waals surface area contributed by atoms with E-state index in [4.69, 9.17) is 4.18 Å². The number of hydrogen-bond acceptors (Lipinski definition) is 3. The van der Waals surface area contributed by atoms with Gasteiger partial charge in [0.1, 0.15) is 0 Å². The van der Waals surface area contributed by atoms with Gasteiger partial charge in [-0.25, -0.2) is 0 Å². The third-order valence-corrected chi connectivity index (χ3v) is 6.57. The molecule has 0 amide bonds. The van der Waals surface area contributed by atoms with Gasteiger partial charge in [-0.2, -0.15) is 8.42 Å². The predicted molar refractivity (Wildman–Crippen MR) is 119 cm³/mol. The maximum atomic E-state index is 11.8. The van der Waals surface area contributed by atoms with Gasteiger partial charge in [0.15, 0.2) is 0 Å². The van der Waals surface area contributed by atoms with Crippen molar-refractivity contribution in [2.45, 2.75) is 136 Å². The smallest absolute Gasteiger partial charge is 0.267 e. The van der Waals surface area contributed by atoms with Gasteiger partial charge < -0.3 is 0 Å². The van der Waals surface area contributed by atoms with Gasteiger partial charge >= 0.3 is 0 Å². The van der Waals surface area contributed by atoms with Crippen LogP contribution in [-0.2, 0) is 14.3 Å². The van der Waals surface area contributed by atoms with Crippen LogP contribution >= 0.6 is 0 Å². The summed E-state index contributed by atoms with van der Waals surface area (Å²) in [4.78, 5) is 0. The quantitative estimate of drug-likeness (QED) is 0.137. The molecule has 0 N–H and O–H groups in total. The molecule has 0 radical (unpaired) electrons. The summed E-state index contributed by atoms with van der Waals surface area (Å²) < 4.78 is 28.8. The van der Waals surface area contributed by atoms with Crippen LogP contribution in [0.25, 0.3) is 0 Å². The average Bonchev–Trinajstić information content (AvgIpc) is 2.65. The molecular weight excluding hydrogens is 356 g/mol. The van der Waals surface area contributed by atoms with Gasteiger partial charge in [0.05, 0.1) is 12.4 Å². The van der Waals surface area contributed by atoms with E-state index >= 15 is 0 Å². The van der Waals surface area contributed by atoms with Crippen LogP contribution in [0.15, 0.2) is 0 Å². The van der Waals surface area contributed by atoms with E-state index in [1.54, 1.807) is 0 Å². The highest BCUT2D eigenvalue weighted by molar-refractivity contribution is 7.86. The third-order valence-electron chi connectivity index (χ3n) is 5.26. The second-order valence-electron chi connectivity index (χ2n) is 8.09. The molecule has 0 fully saturated rings. The zero-order valence-electron chi connectivity index (χ0n) is 18.5. The highest BCUT2D eigenvalue weighted by Gasteiger charge is 2.10. The predicted octanol–water partition coefficient (Wildman–Crippen LogP) is 7.78. The molecule has 0 aromatic heterocycles. The number of unbranched alkanes of at least 4 members (excludes halogenated alkanes) is 17. The van der Waals surface area contributed by atoms with Gasteiger partial charge in [-0.15, -0.1) is 0 Å². The molecule has 0 aromatic carbocycles. The van der Waals surface area contributed by atoms with Crippen molar-refractivity contribution >= 4 is 10.1 Å². The molecule has 0 heterocycles. The molecule has 164 valence electrons. The lowest BCUT2D eigenvalue weighted by Gasteiger charge is -2.06. The molecule has 0 spiro atoms. The van der Waals surface area contributed by atoms with Gasteiger partial charge in [0, 0.05) is 0 Å². The van der Waals surface area contributed by atoms with Crippen molar-refractivity contribution in [3.05, 3.63) is 0 Å². The van der Waals surface area contributed by atoms with E-state index in [-0.39, 0.29) is 5.75 Å². The molecule has 0 aliphatic heterocycles. The van der Waals surface area contributed by atoms with Crippen LogP contribution < -0.4 is 0 Å². The minimum atomic E-state index is -3.29. The molecular formula is C23H48O3S. The molecule has 0 unspecified atom stereocenters. The van der Waals surface area contributed by atoms with Gasteiger partial charge in [-0.05, 0) is 12.8 Å². The van der Waals surface area contributed by atoms with Crippen molar-refractivity contribution < 1.29 is 12.6 Å². The second kappa shape index (κ2) is 20.6. The number of rotatable bonds is 22. The average molecular weight is 405 g/mol. The molecule has 0 aromatic rings. The summed E-state index contributed by atoms with van der Waals surface area (Å²) in [7, 11) is -3.29. The van der Waals surface area contributed by atoms with E-state index in [2.05, 4.69) is 13.8 Å². The maximum absolute atomic E-state index is 11.8. The molecule has 0 saturated carbocycles. The summed E-state index contributed by atoms with van der Waals surface area (Å²) >= 11 is 0. The lowest BCUT2D eigenvalue weighted by atomic mass is 10.0. The summed E-state index contributed by atoms with van der Waals surface area (Å²) in [6, 6.07) is 0. The van der Waals surface area contributed by atoms with E-state index in [1.165, 1.54) is 89.9 Å². The van der Waals surface area contributed by atoms with Gasteiger partial charge in [-0.1, -0.05) is 123 Å². The maximum Gasteiger partial charge on any atom is 0.267 e. The van der Waals surface area contributed by atoms with E-state index in [0.717, 1.165) is 32.1 Å². The Morgan fingerprint density at radius 1 is 0.481 bits per heavy atom. The van der Waals surface area contributed by atoms with E-state index in [9.17, 15) is 8.42 Å². The van der Waals surface area contributed by atoms with Crippen LogP contribution in [0, 0.1) is 0 Å². The van der Waals surface area contributed by atoms with Crippen molar-refractivity contribution in [2.24, 2.45) is 0 Å². The van der Waals surface area contributed by atoms with Gasteiger partial charge in [-0.3, -0.25) is 4.18 Å². The first-order valence-electron chi connectivity index (χ1n) is 12.0. The van der Waals surface area contributed by atoms with Gasteiger partial charge in [0.25, 0.3) is 10.1 Å². The zero-order valence-corrected chi connectivity index (χ0v) is 19.3. The molecule has 0 atom stereocenters. The SMILES string of the molecule is CCCCCCCCCCCCCCCOS(=O)(=O)CCCCCCCC. The van der Waals surface area contributed by atoms with E-state index < -0.39 is 10.1 Å². The number of hydrogen-bond donors (Lipinski definition) is 0. The Bertz CT molecular complexity index is 379. The first kappa shape index (κ1) is 26.9. The van der Waals surface area contributed by atoms with Crippen LogP contribution in [0.2, 0.25) is 0 Å². The Labute approximate surface area is 171 Å². The minimum absolute atomic E-state index is 0.192. The summed E-state index contributed by atoms with van der Waals surface area (Å²) in [5.41, 5.74) is 0. The Kier molecular flexibility index (Phi) is 20.6.